The molecule has 3 nitrogen and oxygen atoms in total. The van der Waals surface area contributed by atoms with E-state index in [1.165, 1.54) is 19.3 Å². The van der Waals surface area contributed by atoms with Crippen molar-refractivity contribution < 1.29 is 4.79 Å². The molecule has 2 aliphatic rings. The summed E-state index contributed by atoms with van der Waals surface area (Å²) in [5.41, 5.74) is 0. The highest BCUT2D eigenvalue weighted by atomic mass is 35.5. The third kappa shape index (κ3) is 4.63. The molecule has 0 bridgehead atoms. The number of carbonyl (C=O) groups is 1. The van der Waals surface area contributed by atoms with Crippen molar-refractivity contribution in [1.82, 2.24) is 10.2 Å². The zero-order valence-corrected chi connectivity index (χ0v) is 14.0. The summed E-state index contributed by atoms with van der Waals surface area (Å²) in [4.78, 5) is 14.5. The normalized spacial score (nSPS) is 28.3. The molecule has 20 heavy (non-hydrogen) atoms. The summed E-state index contributed by atoms with van der Waals surface area (Å²) in [6, 6.07) is 0. The highest BCUT2D eigenvalue weighted by Gasteiger charge is 2.30. The molecule has 2 saturated heterocycles. The lowest BCUT2D eigenvalue weighted by molar-refractivity contribution is -0.131. The second kappa shape index (κ2) is 8.23. The molecule has 2 heterocycles. The molecule has 1 amide bonds. The SMILES string of the molecule is CC(C)C1CCN(C(=O)CC(C)C2CCCNC2)C1.Cl. The van der Waals surface area contributed by atoms with Crippen LogP contribution in [0.2, 0.25) is 0 Å². The molecule has 2 fully saturated rings. The van der Waals surface area contributed by atoms with Crippen LogP contribution in [-0.4, -0.2) is 37.0 Å². The molecule has 0 aromatic carbocycles. The van der Waals surface area contributed by atoms with E-state index in [1.807, 2.05) is 0 Å². The fourth-order valence-electron chi connectivity index (χ4n) is 3.49. The number of nitrogens with zero attached hydrogens (tertiary/aromatic N) is 1. The summed E-state index contributed by atoms with van der Waals surface area (Å²) >= 11 is 0. The number of halogens is 1. The average molecular weight is 303 g/mol. The van der Waals surface area contributed by atoms with Crippen LogP contribution < -0.4 is 5.32 Å². The minimum atomic E-state index is 0. The minimum Gasteiger partial charge on any atom is -0.342 e. The quantitative estimate of drug-likeness (QED) is 0.866. The van der Waals surface area contributed by atoms with Gasteiger partial charge in [-0.05, 0) is 56.0 Å². The lowest BCUT2D eigenvalue weighted by Gasteiger charge is -2.29. The minimum absolute atomic E-state index is 0. The third-order valence-corrected chi connectivity index (χ3v) is 5.16. The Bertz CT molecular complexity index is 303. The lowest BCUT2D eigenvalue weighted by atomic mass is 9.85. The zero-order chi connectivity index (χ0) is 13.8. The van der Waals surface area contributed by atoms with E-state index in [9.17, 15) is 4.79 Å². The number of hydrogen-bond donors (Lipinski definition) is 1. The number of hydrogen-bond acceptors (Lipinski definition) is 2. The molecular weight excluding hydrogens is 272 g/mol. The van der Waals surface area contributed by atoms with E-state index in [1.54, 1.807) is 0 Å². The van der Waals surface area contributed by atoms with Crippen molar-refractivity contribution in [2.45, 2.75) is 46.5 Å². The molecule has 0 radical (unpaired) electrons. The van der Waals surface area contributed by atoms with E-state index in [0.29, 0.717) is 23.7 Å². The van der Waals surface area contributed by atoms with Gasteiger partial charge in [-0.15, -0.1) is 12.4 Å². The second-order valence-corrected chi connectivity index (χ2v) is 6.92. The number of carbonyl (C=O) groups excluding carboxylic acids is 1. The highest BCUT2D eigenvalue weighted by molar-refractivity contribution is 5.85. The molecule has 0 aromatic rings. The van der Waals surface area contributed by atoms with Crippen molar-refractivity contribution in [3.63, 3.8) is 0 Å². The Balaban J connectivity index is 0.00000200. The van der Waals surface area contributed by atoms with Gasteiger partial charge in [0.05, 0.1) is 0 Å². The molecule has 3 unspecified atom stereocenters. The fourth-order valence-corrected chi connectivity index (χ4v) is 3.49. The average Bonchev–Trinajstić information content (AvgIpc) is 2.89. The van der Waals surface area contributed by atoms with Gasteiger partial charge >= 0.3 is 0 Å². The summed E-state index contributed by atoms with van der Waals surface area (Å²) in [5, 5.41) is 3.46. The van der Waals surface area contributed by atoms with E-state index in [0.717, 1.165) is 38.5 Å². The van der Waals surface area contributed by atoms with Crippen LogP contribution >= 0.6 is 12.4 Å². The van der Waals surface area contributed by atoms with Gasteiger partial charge in [0.25, 0.3) is 0 Å². The van der Waals surface area contributed by atoms with Crippen molar-refractivity contribution in [2.24, 2.45) is 23.7 Å². The molecule has 0 saturated carbocycles. The number of amides is 1. The van der Waals surface area contributed by atoms with Crippen LogP contribution in [0.15, 0.2) is 0 Å². The van der Waals surface area contributed by atoms with Gasteiger partial charge in [0, 0.05) is 19.5 Å². The summed E-state index contributed by atoms with van der Waals surface area (Å²) in [6.07, 6.45) is 4.50. The van der Waals surface area contributed by atoms with Gasteiger partial charge in [0.1, 0.15) is 0 Å². The highest BCUT2D eigenvalue weighted by Crippen LogP contribution is 2.27. The molecule has 4 heteroatoms. The summed E-state index contributed by atoms with van der Waals surface area (Å²) in [6.45, 7) is 11.0. The third-order valence-electron chi connectivity index (χ3n) is 5.16. The molecule has 118 valence electrons. The Hall–Kier alpha value is -0.280. The molecule has 1 N–H and O–H groups in total. The van der Waals surface area contributed by atoms with Gasteiger partial charge < -0.3 is 10.2 Å². The molecule has 0 spiro atoms. The summed E-state index contributed by atoms with van der Waals surface area (Å²) in [5.74, 6) is 3.04. The molecule has 2 aliphatic heterocycles. The largest absolute Gasteiger partial charge is 0.342 e. The van der Waals surface area contributed by atoms with Crippen molar-refractivity contribution in [3.05, 3.63) is 0 Å². The Kier molecular flexibility index (Phi) is 7.32. The Morgan fingerprint density at radius 2 is 2.00 bits per heavy atom. The Morgan fingerprint density at radius 1 is 1.25 bits per heavy atom. The van der Waals surface area contributed by atoms with Crippen molar-refractivity contribution >= 4 is 18.3 Å². The summed E-state index contributed by atoms with van der Waals surface area (Å²) in [7, 11) is 0. The first kappa shape index (κ1) is 17.8. The molecule has 0 aliphatic carbocycles. The van der Waals surface area contributed by atoms with E-state index < -0.39 is 0 Å². The first-order valence-electron chi connectivity index (χ1n) is 8.06. The smallest absolute Gasteiger partial charge is 0.222 e. The van der Waals surface area contributed by atoms with E-state index in [-0.39, 0.29) is 12.4 Å². The van der Waals surface area contributed by atoms with Gasteiger partial charge in [0.2, 0.25) is 5.91 Å². The predicted molar refractivity (Wildman–Crippen MR) is 86.1 cm³/mol. The lowest BCUT2D eigenvalue weighted by Crippen LogP contribution is -2.36. The number of rotatable bonds is 4. The number of nitrogens with one attached hydrogen (secondary N) is 1. The predicted octanol–water partition coefficient (Wildman–Crippen LogP) is 2.94. The van der Waals surface area contributed by atoms with Crippen molar-refractivity contribution in [1.29, 1.82) is 0 Å². The van der Waals surface area contributed by atoms with Crippen molar-refractivity contribution in [3.8, 4) is 0 Å². The van der Waals surface area contributed by atoms with E-state index in [2.05, 4.69) is 31.0 Å². The monoisotopic (exact) mass is 302 g/mol. The van der Waals surface area contributed by atoms with Gasteiger partial charge in [-0.25, -0.2) is 0 Å². The number of piperidine rings is 1. The zero-order valence-electron chi connectivity index (χ0n) is 13.2. The van der Waals surface area contributed by atoms with Gasteiger partial charge in [-0.1, -0.05) is 20.8 Å². The molecule has 0 aromatic heterocycles. The molecule has 3 atom stereocenters. The topological polar surface area (TPSA) is 32.3 Å². The van der Waals surface area contributed by atoms with Crippen LogP contribution in [0.25, 0.3) is 0 Å². The van der Waals surface area contributed by atoms with Gasteiger partial charge in [-0.2, -0.15) is 0 Å². The van der Waals surface area contributed by atoms with Crippen LogP contribution in [-0.2, 0) is 4.79 Å². The van der Waals surface area contributed by atoms with Crippen LogP contribution in [0.5, 0.6) is 0 Å². The Labute approximate surface area is 130 Å². The van der Waals surface area contributed by atoms with Crippen LogP contribution in [0.3, 0.4) is 0 Å². The molecular formula is C16H31ClN2O. The first-order chi connectivity index (χ1) is 9.08. The maximum absolute atomic E-state index is 12.4. The van der Waals surface area contributed by atoms with Gasteiger partial charge in [0.15, 0.2) is 0 Å². The van der Waals surface area contributed by atoms with Crippen LogP contribution in [0.4, 0.5) is 0 Å². The summed E-state index contributed by atoms with van der Waals surface area (Å²) < 4.78 is 0. The van der Waals surface area contributed by atoms with E-state index in [4.69, 9.17) is 0 Å². The maximum atomic E-state index is 12.4. The Morgan fingerprint density at radius 3 is 2.55 bits per heavy atom. The standard InChI is InChI=1S/C16H30N2O.ClH/c1-12(2)15-6-8-18(11-15)16(19)9-13(3)14-5-4-7-17-10-14;/h12-15,17H,4-11H2,1-3H3;1H. The van der Waals surface area contributed by atoms with E-state index >= 15 is 0 Å². The second-order valence-electron chi connectivity index (χ2n) is 6.92. The van der Waals surface area contributed by atoms with Crippen LogP contribution in [0.1, 0.15) is 46.5 Å². The maximum Gasteiger partial charge on any atom is 0.222 e. The number of likely N-dealkylation sites (tertiary alicyclic amines) is 1. The van der Waals surface area contributed by atoms with Gasteiger partial charge in [-0.3, -0.25) is 4.79 Å². The first-order valence-corrected chi connectivity index (χ1v) is 8.06. The van der Waals surface area contributed by atoms with Crippen molar-refractivity contribution in [2.75, 3.05) is 26.2 Å². The fraction of sp³-hybridized carbons (Fsp3) is 0.938. The van der Waals surface area contributed by atoms with Crippen LogP contribution in [0, 0.1) is 23.7 Å². The molecule has 2 rings (SSSR count).